The zero-order valence-corrected chi connectivity index (χ0v) is 17.3. The summed E-state index contributed by atoms with van der Waals surface area (Å²) in [6.07, 6.45) is 1.97. The molecule has 0 saturated heterocycles. The summed E-state index contributed by atoms with van der Waals surface area (Å²) >= 11 is 1.62. The second kappa shape index (κ2) is 9.47. The number of carbonyl (C=O) groups is 2. The quantitative estimate of drug-likeness (QED) is 0.392. The number of methoxy groups -OCH3 is 2. The first kappa shape index (κ1) is 20.7. The van der Waals surface area contributed by atoms with Crippen LogP contribution in [0.25, 0.3) is 11.0 Å². The molecule has 3 rings (SSSR count). The highest BCUT2D eigenvalue weighted by Crippen LogP contribution is 2.24. The molecule has 1 heterocycles. The lowest BCUT2D eigenvalue weighted by atomic mass is 10.1. The largest absolute Gasteiger partial charge is 0.497 e. The molecule has 8 heteroatoms. The predicted octanol–water partition coefficient (Wildman–Crippen LogP) is 3.34. The summed E-state index contributed by atoms with van der Waals surface area (Å²) in [6, 6.07) is 12.5. The van der Waals surface area contributed by atoms with Gasteiger partial charge >= 0.3 is 5.97 Å². The van der Waals surface area contributed by atoms with Gasteiger partial charge in [0, 0.05) is 0 Å². The number of aromatic nitrogens is 2. The van der Waals surface area contributed by atoms with E-state index in [1.807, 2.05) is 35.1 Å². The minimum atomic E-state index is -0.509. The van der Waals surface area contributed by atoms with Gasteiger partial charge in [-0.2, -0.15) is 11.8 Å². The van der Waals surface area contributed by atoms with Crippen molar-refractivity contribution >= 4 is 34.5 Å². The van der Waals surface area contributed by atoms with E-state index in [0.29, 0.717) is 22.8 Å². The number of thioether (sulfide) groups is 1. The number of hydrogen-bond donors (Lipinski definition) is 0. The minimum Gasteiger partial charge on any atom is -0.497 e. The van der Waals surface area contributed by atoms with Crippen LogP contribution in [0.5, 0.6) is 11.5 Å². The van der Waals surface area contributed by atoms with Crippen LogP contribution in [0.4, 0.5) is 0 Å². The molecule has 0 spiro atoms. The van der Waals surface area contributed by atoms with Crippen molar-refractivity contribution in [3.05, 3.63) is 53.9 Å². The van der Waals surface area contributed by atoms with Gasteiger partial charge in [0.05, 0.1) is 36.6 Å². The molecule has 0 amide bonds. The fraction of sp³-hybridized carbons (Fsp3) is 0.286. The third-order valence-electron chi connectivity index (χ3n) is 4.37. The number of esters is 1. The Hall–Kier alpha value is -3.00. The first-order valence-electron chi connectivity index (χ1n) is 8.91. The number of benzene rings is 2. The van der Waals surface area contributed by atoms with Crippen LogP contribution in [-0.4, -0.2) is 48.4 Å². The van der Waals surface area contributed by atoms with Crippen molar-refractivity contribution in [2.75, 3.05) is 27.1 Å². The maximum Gasteiger partial charge on any atom is 0.326 e. The molecule has 0 fully saturated rings. The SMILES string of the molecule is COc1ccc(OC)c(C(=O)COC(=O)Cn2c(CSC)nc3ccccc32)c1. The van der Waals surface area contributed by atoms with E-state index in [0.717, 1.165) is 16.9 Å². The maximum absolute atomic E-state index is 12.5. The molecule has 1 aromatic heterocycles. The Morgan fingerprint density at radius 2 is 1.90 bits per heavy atom. The number of nitrogens with zero attached hydrogens (tertiary/aromatic N) is 2. The van der Waals surface area contributed by atoms with E-state index in [1.165, 1.54) is 14.2 Å². The van der Waals surface area contributed by atoms with Crippen LogP contribution in [-0.2, 0) is 21.8 Å². The van der Waals surface area contributed by atoms with Crippen molar-refractivity contribution < 1.29 is 23.8 Å². The van der Waals surface area contributed by atoms with E-state index in [-0.39, 0.29) is 18.9 Å². The average Bonchev–Trinajstić information content (AvgIpc) is 3.08. The lowest BCUT2D eigenvalue weighted by Crippen LogP contribution is -2.20. The van der Waals surface area contributed by atoms with Gasteiger partial charge in [-0.05, 0) is 36.6 Å². The van der Waals surface area contributed by atoms with Gasteiger partial charge in [-0.1, -0.05) is 12.1 Å². The van der Waals surface area contributed by atoms with E-state index in [9.17, 15) is 9.59 Å². The molecule has 0 atom stereocenters. The molecule has 3 aromatic rings. The van der Waals surface area contributed by atoms with Crippen molar-refractivity contribution in [3.8, 4) is 11.5 Å². The number of ether oxygens (including phenoxy) is 3. The first-order chi connectivity index (χ1) is 14.1. The molecule has 0 radical (unpaired) electrons. The van der Waals surface area contributed by atoms with E-state index in [2.05, 4.69) is 4.98 Å². The van der Waals surface area contributed by atoms with Crippen LogP contribution in [0.1, 0.15) is 16.2 Å². The molecule has 7 nitrogen and oxygen atoms in total. The van der Waals surface area contributed by atoms with E-state index in [1.54, 1.807) is 30.0 Å². The molecule has 0 saturated carbocycles. The van der Waals surface area contributed by atoms with Gasteiger partial charge < -0.3 is 18.8 Å². The fourth-order valence-electron chi connectivity index (χ4n) is 2.97. The number of hydrogen-bond acceptors (Lipinski definition) is 7. The second-order valence-electron chi connectivity index (χ2n) is 6.19. The highest BCUT2D eigenvalue weighted by molar-refractivity contribution is 7.97. The van der Waals surface area contributed by atoms with E-state index in [4.69, 9.17) is 14.2 Å². The summed E-state index contributed by atoms with van der Waals surface area (Å²) in [5, 5.41) is 0. The number of imidazole rings is 1. The molecule has 0 aliphatic heterocycles. The molecular weight excluding hydrogens is 392 g/mol. The molecule has 0 aliphatic carbocycles. The molecular formula is C21H22N2O5S. The van der Waals surface area contributed by atoms with Crippen molar-refractivity contribution in [1.29, 1.82) is 0 Å². The van der Waals surface area contributed by atoms with Gasteiger partial charge in [-0.15, -0.1) is 0 Å². The lowest BCUT2D eigenvalue weighted by Gasteiger charge is -2.11. The van der Waals surface area contributed by atoms with E-state index < -0.39 is 5.97 Å². The fourth-order valence-corrected chi connectivity index (χ4v) is 3.45. The summed E-state index contributed by atoms with van der Waals surface area (Å²) in [4.78, 5) is 29.6. The highest BCUT2D eigenvalue weighted by atomic mass is 32.2. The molecule has 2 aromatic carbocycles. The minimum absolute atomic E-state index is 0.0149. The molecule has 152 valence electrons. The Balaban J connectivity index is 1.72. The van der Waals surface area contributed by atoms with Crippen molar-refractivity contribution in [2.24, 2.45) is 0 Å². The Kier molecular flexibility index (Phi) is 6.77. The van der Waals surface area contributed by atoms with Crippen molar-refractivity contribution in [2.45, 2.75) is 12.3 Å². The van der Waals surface area contributed by atoms with Gasteiger partial charge in [0.25, 0.3) is 0 Å². The summed E-state index contributed by atoms with van der Waals surface area (Å²) < 4.78 is 17.4. The van der Waals surface area contributed by atoms with E-state index >= 15 is 0 Å². The Morgan fingerprint density at radius 3 is 2.62 bits per heavy atom. The summed E-state index contributed by atoms with van der Waals surface area (Å²) in [7, 11) is 2.99. The molecule has 0 aliphatic rings. The summed E-state index contributed by atoms with van der Waals surface area (Å²) in [6.45, 7) is -0.397. The zero-order valence-electron chi connectivity index (χ0n) is 16.5. The number of para-hydroxylation sites is 2. The number of ketones is 1. The van der Waals surface area contributed by atoms with Gasteiger partial charge in [0.2, 0.25) is 5.78 Å². The maximum atomic E-state index is 12.5. The number of carbonyl (C=O) groups excluding carboxylic acids is 2. The predicted molar refractivity (Wildman–Crippen MR) is 112 cm³/mol. The molecule has 0 N–H and O–H groups in total. The monoisotopic (exact) mass is 414 g/mol. The zero-order chi connectivity index (χ0) is 20.8. The van der Waals surface area contributed by atoms with Gasteiger partial charge in [-0.25, -0.2) is 4.98 Å². The first-order valence-corrected chi connectivity index (χ1v) is 10.3. The summed E-state index contributed by atoms with van der Waals surface area (Å²) in [5.74, 6) is 1.50. The standard InChI is InChI=1S/C21H22N2O5S/c1-26-14-8-9-19(27-2)15(10-14)18(24)12-28-21(25)11-23-17-7-5-4-6-16(17)22-20(23)13-29-3/h4-10H,11-13H2,1-3H3. The topological polar surface area (TPSA) is 79.7 Å². The highest BCUT2D eigenvalue weighted by Gasteiger charge is 2.18. The normalized spacial score (nSPS) is 10.7. The van der Waals surface area contributed by atoms with Crippen LogP contribution in [0.3, 0.4) is 0 Å². The smallest absolute Gasteiger partial charge is 0.326 e. The second-order valence-corrected chi connectivity index (χ2v) is 7.05. The van der Waals surface area contributed by atoms with Crippen LogP contribution in [0.2, 0.25) is 0 Å². The third kappa shape index (κ3) is 4.71. The number of Topliss-reactive ketones (excluding diaryl/α,β-unsaturated/α-hetero) is 1. The Labute approximate surface area is 173 Å². The van der Waals surface area contributed by atoms with Gasteiger partial charge in [-0.3, -0.25) is 9.59 Å². The third-order valence-corrected chi connectivity index (χ3v) is 4.91. The Bertz CT molecular complexity index is 1030. The van der Waals surface area contributed by atoms with Crippen LogP contribution in [0.15, 0.2) is 42.5 Å². The average molecular weight is 414 g/mol. The van der Waals surface area contributed by atoms with Crippen LogP contribution >= 0.6 is 11.8 Å². The van der Waals surface area contributed by atoms with Gasteiger partial charge in [0.15, 0.2) is 6.61 Å². The van der Waals surface area contributed by atoms with Gasteiger partial charge in [0.1, 0.15) is 23.9 Å². The number of rotatable bonds is 9. The van der Waals surface area contributed by atoms with Crippen LogP contribution in [0, 0.1) is 0 Å². The lowest BCUT2D eigenvalue weighted by molar-refractivity contribution is -0.143. The Morgan fingerprint density at radius 1 is 1.10 bits per heavy atom. The number of fused-ring (bicyclic) bond motifs is 1. The molecule has 0 unspecified atom stereocenters. The molecule has 0 bridgehead atoms. The molecule has 29 heavy (non-hydrogen) atoms. The summed E-state index contributed by atoms with van der Waals surface area (Å²) in [5.41, 5.74) is 1.98. The van der Waals surface area contributed by atoms with Crippen molar-refractivity contribution in [1.82, 2.24) is 9.55 Å². The van der Waals surface area contributed by atoms with Crippen molar-refractivity contribution in [3.63, 3.8) is 0 Å². The van der Waals surface area contributed by atoms with Crippen LogP contribution < -0.4 is 9.47 Å².